The number of aromatic nitrogens is 6. The summed E-state index contributed by atoms with van der Waals surface area (Å²) in [5, 5.41) is 1.29. The minimum atomic E-state index is 0. The van der Waals surface area contributed by atoms with Gasteiger partial charge in [-0.2, -0.15) is 4.57 Å². The van der Waals surface area contributed by atoms with E-state index in [-0.39, 0.29) is 7.43 Å². The van der Waals surface area contributed by atoms with Crippen LogP contribution in [0, 0.1) is 20.8 Å². The van der Waals surface area contributed by atoms with Crippen LogP contribution >= 0.6 is 11.3 Å². The van der Waals surface area contributed by atoms with Crippen molar-refractivity contribution in [3.8, 4) is 0 Å². The molecule has 0 bridgehead atoms. The van der Waals surface area contributed by atoms with E-state index in [4.69, 9.17) is 0 Å². The third-order valence-electron chi connectivity index (χ3n) is 8.77. The lowest BCUT2D eigenvalue weighted by Crippen LogP contribution is -2.30. The maximum absolute atomic E-state index is 2.14. The molecular formula is C51H68N7S+7. The second-order valence-corrected chi connectivity index (χ2v) is 14.9. The van der Waals surface area contributed by atoms with Crippen molar-refractivity contribution in [1.82, 2.24) is 0 Å². The van der Waals surface area contributed by atoms with Crippen LogP contribution in [0.1, 0.15) is 30.7 Å². The van der Waals surface area contributed by atoms with Crippen LogP contribution in [-0.2, 0) is 42.3 Å². The van der Waals surface area contributed by atoms with E-state index in [0.29, 0.717) is 0 Å². The van der Waals surface area contributed by atoms with Crippen LogP contribution in [-0.4, -0.2) is 17.8 Å². The number of benzene rings is 2. The topological polar surface area (TPSA) is 26.3 Å². The normalized spacial score (nSPS) is 10.4. The lowest BCUT2D eigenvalue weighted by molar-refractivity contribution is -0.677. The Hall–Kier alpha value is -6.25. The Labute approximate surface area is 358 Å². The lowest BCUT2D eigenvalue weighted by Gasteiger charge is -1.93. The molecule has 0 fully saturated rings. The fraction of sp³-hybridized carbons (Fsp3) is 0.235. The first-order valence-electron chi connectivity index (χ1n) is 19.5. The van der Waals surface area contributed by atoms with E-state index in [0.717, 1.165) is 6.42 Å². The Kier molecular flexibility index (Phi) is 22.7. The van der Waals surface area contributed by atoms with Crippen LogP contribution in [0.5, 0.6) is 0 Å². The van der Waals surface area contributed by atoms with Gasteiger partial charge in [-0.25, -0.2) is 27.4 Å². The first kappa shape index (κ1) is 48.9. The predicted octanol–water partition coefficient (Wildman–Crippen LogP) is 7.61. The largest absolute Gasteiger partial charge is 0.225 e. The molecule has 2 aromatic carbocycles. The molecule has 1 aliphatic heterocycles. The number of thiazole rings is 1. The zero-order valence-corrected chi connectivity index (χ0v) is 37.0. The van der Waals surface area contributed by atoms with E-state index in [1.165, 1.54) is 37.9 Å². The van der Waals surface area contributed by atoms with Gasteiger partial charge in [0.15, 0.2) is 61.5 Å². The first-order valence-corrected chi connectivity index (χ1v) is 20.3. The summed E-state index contributed by atoms with van der Waals surface area (Å²) in [6, 6.07) is 41.4. The average molecular weight is 811 g/mol. The molecule has 8 heteroatoms. The van der Waals surface area contributed by atoms with Gasteiger partial charge in [-0.15, -0.1) is 0 Å². The maximum atomic E-state index is 2.14. The van der Waals surface area contributed by atoms with Gasteiger partial charge in [0.1, 0.15) is 60.2 Å². The zero-order chi connectivity index (χ0) is 42.1. The van der Waals surface area contributed by atoms with Crippen molar-refractivity contribution in [1.29, 1.82) is 0 Å². The molecule has 0 amide bonds. The second-order valence-electron chi connectivity index (χ2n) is 14.0. The van der Waals surface area contributed by atoms with E-state index < -0.39 is 0 Å². The lowest BCUT2D eigenvalue weighted by atomic mass is 10.2. The molecule has 0 atom stereocenters. The van der Waals surface area contributed by atoms with Crippen molar-refractivity contribution in [2.45, 2.75) is 34.6 Å². The Bertz CT molecular complexity index is 2370. The highest BCUT2D eigenvalue weighted by Gasteiger charge is 2.03. The van der Waals surface area contributed by atoms with Crippen molar-refractivity contribution in [2.75, 3.05) is 7.05 Å². The number of pyridine rings is 5. The number of hydrogen-bond acceptors (Lipinski definition) is 1. The number of rotatable bonds is 0. The van der Waals surface area contributed by atoms with Gasteiger partial charge >= 0.3 is 0 Å². The van der Waals surface area contributed by atoms with Gasteiger partial charge < -0.3 is 0 Å². The minimum Gasteiger partial charge on any atom is -0.212 e. The van der Waals surface area contributed by atoms with Gasteiger partial charge in [-0.1, -0.05) is 55.2 Å². The van der Waals surface area contributed by atoms with Gasteiger partial charge in [0.05, 0.1) is 0 Å². The summed E-state index contributed by atoms with van der Waals surface area (Å²) >= 11 is 1.78. The zero-order valence-electron chi connectivity index (χ0n) is 36.2. The highest BCUT2D eigenvalue weighted by Crippen LogP contribution is 2.13. The van der Waals surface area contributed by atoms with Crippen molar-refractivity contribution >= 4 is 38.7 Å². The molecule has 0 saturated heterocycles. The Morgan fingerprint density at radius 2 is 1.02 bits per heavy atom. The minimum absolute atomic E-state index is 0. The number of aryl methyl sites for hydroxylation is 9. The summed E-state index contributed by atoms with van der Waals surface area (Å²) in [7, 11) is 14.2. The summed E-state index contributed by atoms with van der Waals surface area (Å²) in [5.41, 5.74) is 8.60. The third kappa shape index (κ3) is 19.6. The molecule has 0 saturated carbocycles. The molecule has 0 aliphatic carbocycles. The Morgan fingerprint density at radius 1 is 0.458 bits per heavy atom. The number of hydrogen-bond donors (Lipinski definition) is 0. The summed E-state index contributed by atoms with van der Waals surface area (Å²) in [6.45, 7) is 6.25. The molecule has 0 N–H and O–H groups in total. The van der Waals surface area contributed by atoms with Crippen LogP contribution < -0.4 is 27.4 Å². The Balaban J connectivity index is 0.000000239. The fourth-order valence-corrected chi connectivity index (χ4v) is 6.14. The van der Waals surface area contributed by atoms with Gasteiger partial charge in [0.25, 0.3) is 0 Å². The average Bonchev–Trinajstić information content (AvgIpc) is 3.87. The van der Waals surface area contributed by atoms with Gasteiger partial charge in [-0.05, 0) is 49.8 Å². The highest BCUT2D eigenvalue weighted by atomic mass is 32.1. The molecular weight excluding hydrogens is 743 g/mol. The van der Waals surface area contributed by atoms with Crippen LogP contribution in [0.3, 0.4) is 0 Å². The van der Waals surface area contributed by atoms with Gasteiger partial charge in [0.2, 0.25) is 16.5 Å². The molecule has 59 heavy (non-hydrogen) atoms. The maximum Gasteiger partial charge on any atom is 0.225 e. The molecule has 9 rings (SSSR count). The quantitative estimate of drug-likeness (QED) is 0.141. The summed E-state index contributed by atoms with van der Waals surface area (Å²) in [6.07, 6.45) is 23.7. The van der Waals surface area contributed by atoms with Gasteiger partial charge in [-0.3, -0.25) is 0 Å². The van der Waals surface area contributed by atoms with E-state index in [1.54, 1.807) is 11.3 Å². The van der Waals surface area contributed by atoms with E-state index in [1.807, 2.05) is 123 Å². The van der Waals surface area contributed by atoms with E-state index >= 15 is 0 Å². The third-order valence-corrected chi connectivity index (χ3v) is 9.79. The van der Waals surface area contributed by atoms with Crippen LogP contribution in [0.2, 0.25) is 0 Å². The summed E-state index contributed by atoms with van der Waals surface area (Å²) in [5.74, 6) is 0. The van der Waals surface area contributed by atoms with Gasteiger partial charge in [0, 0.05) is 85.0 Å². The molecule has 7 heterocycles. The number of fused-ring (bicyclic) bond motifs is 2. The summed E-state index contributed by atoms with van der Waals surface area (Å²) < 4.78 is 15.8. The predicted molar refractivity (Wildman–Crippen MR) is 246 cm³/mol. The molecule has 1 aliphatic rings. The van der Waals surface area contributed by atoms with Crippen LogP contribution in [0.25, 0.3) is 21.1 Å². The smallest absolute Gasteiger partial charge is 0.212 e. The number of allylic oxidation sites excluding steroid dienone is 1. The molecule has 0 unspecified atom stereocenters. The number of nitrogens with zero attached hydrogens (tertiary/aromatic N) is 7. The van der Waals surface area contributed by atoms with Crippen LogP contribution in [0.15, 0.2) is 189 Å². The standard InChI is InChI=1S/C10H10N.C8H8NS.3C7H10N.C6H8N.C5H8N.CH4/c1-11-8-4-6-9-5-2-3-7-10(9)11;1-9-6-10-8-5-3-2-4-7(8)9;1-7-3-5-8(2)6-4-7;1-7-4-3-5-8(2)6-7;1-7-5-3-4-6-8(7)2;1-7-5-3-2-4-6-7;1-6-4-2-3-5-6;/h2-8H,1H3;2-6H,1H3;3*3-6H,1-2H3;2-6H,1H3;2,4-5H,3H2,1H3;1H4/q7*+1;. The summed E-state index contributed by atoms with van der Waals surface area (Å²) in [4.78, 5) is 0. The monoisotopic (exact) mass is 811 g/mol. The highest BCUT2D eigenvalue weighted by molar-refractivity contribution is 7.16. The second kappa shape index (κ2) is 27.4. The van der Waals surface area contributed by atoms with Crippen molar-refractivity contribution in [3.05, 3.63) is 206 Å². The van der Waals surface area contributed by atoms with Crippen molar-refractivity contribution in [3.63, 3.8) is 0 Å². The van der Waals surface area contributed by atoms with E-state index in [2.05, 4.69) is 174 Å². The number of para-hydroxylation sites is 2. The molecule has 7 nitrogen and oxygen atoms in total. The van der Waals surface area contributed by atoms with Crippen LogP contribution in [0.4, 0.5) is 0 Å². The fourth-order valence-electron chi connectivity index (χ4n) is 5.27. The molecule has 0 radical (unpaired) electrons. The first-order chi connectivity index (χ1) is 27.9. The molecule has 306 valence electrons. The van der Waals surface area contributed by atoms with Crippen molar-refractivity contribution in [2.24, 2.45) is 42.3 Å². The van der Waals surface area contributed by atoms with E-state index in [9.17, 15) is 0 Å². The SMILES string of the molecule is C.C[N+]1=CCC=C1.C[n+]1cccc2ccccc21.C[n+]1ccccc1.C[n+]1csc2ccccc21.Cc1cc[n+](C)cc1.Cc1ccc[n+](C)c1.Cc1cccc[n+]1C. The molecule has 8 aromatic rings. The van der Waals surface area contributed by atoms with Crippen molar-refractivity contribution < 1.29 is 32.0 Å². The molecule has 6 aromatic heterocycles. The molecule has 0 spiro atoms. The Morgan fingerprint density at radius 3 is 1.49 bits per heavy atom.